The van der Waals surface area contributed by atoms with E-state index in [1.165, 1.54) is 0 Å². The van der Waals surface area contributed by atoms with Crippen LogP contribution >= 0.6 is 11.6 Å². The van der Waals surface area contributed by atoms with Crippen molar-refractivity contribution in [2.24, 2.45) is 11.7 Å². The van der Waals surface area contributed by atoms with Crippen LogP contribution in [0.25, 0.3) is 0 Å². The topological polar surface area (TPSA) is 75.4 Å². The number of para-hydroxylation sites is 1. The van der Waals surface area contributed by atoms with E-state index in [2.05, 4.69) is 10.2 Å². The molecule has 3 rings (SSSR count). The van der Waals surface area contributed by atoms with E-state index in [1.54, 1.807) is 6.07 Å². The molecule has 142 valence electrons. The molecule has 1 aliphatic heterocycles. The Labute approximate surface area is 164 Å². The highest BCUT2D eigenvalue weighted by molar-refractivity contribution is 6.31. The van der Waals surface area contributed by atoms with E-state index < -0.39 is 0 Å². The Morgan fingerprint density at radius 3 is 2.56 bits per heavy atom. The van der Waals surface area contributed by atoms with Crippen molar-refractivity contribution in [2.75, 3.05) is 18.4 Å². The lowest BCUT2D eigenvalue weighted by atomic mass is 9.97. The Bertz CT molecular complexity index is 825. The number of benzene rings is 2. The number of anilines is 1. The molecule has 3 N–H and O–H groups in total. The van der Waals surface area contributed by atoms with Gasteiger partial charge in [0.2, 0.25) is 11.8 Å². The van der Waals surface area contributed by atoms with E-state index in [0.29, 0.717) is 18.1 Å². The minimum absolute atomic E-state index is 0.0966. The van der Waals surface area contributed by atoms with E-state index >= 15 is 0 Å². The number of nitrogens with zero attached hydrogens (tertiary/aromatic N) is 1. The molecular formula is C21H24ClN3O2. The van der Waals surface area contributed by atoms with Gasteiger partial charge in [0.25, 0.3) is 0 Å². The van der Waals surface area contributed by atoms with Crippen LogP contribution in [0.3, 0.4) is 0 Å². The van der Waals surface area contributed by atoms with Gasteiger partial charge in [0, 0.05) is 23.8 Å². The van der Waals surface area contributed by atoms with E-state index in [0.717, 1.165) is 36.2 Å². The van der Waals surface area contributed by atoms with Crippen LogP contribution in [0.5, 0.6) is 0 Å². The SMILES string of the molecule is NC(=O)[C@@H]1CCCN(Cc2ccccc2NC(=O)Cc2ccccc2Cl)C1. The predicted molar refractivity (Wildman–Crippen MR) is 107 cm³/mol. The van der Waals surface area contributed by atoms with Crippen LogP contribution in [0.1, 0.15) is 24.0 Å². The molecule has 0 aliphatic carbocycles. The molecule has 2 amide bonds. The molecule has 1 aliphatic rings. The number of piperidine rings is 1. The van der Waals surface area contributed by atoms with Crippen molar-refractivity contribution >= 4 is 29.1 Å². The first kappa shape index (κ1) is 19.4. The van der Waals surface area contributed by atoms with Crippen LogP contribution in [0.15, 0.2) is 48.5 Å². The van der Waals surface area contributed by atoms with Crippen LogP contribution < -0.4 is 11.1 Å². The van der Waals surface area contributed by atoms with Crippen molar-refractivity contribution in [3.8, 4) is 0 Å². The number of nitrogens with one attached hydrogen (secondary N) is 1. The predicted octanol–water partition coefficient (Wildman–Crippen LogP) is 3.22. The molecule has 1 atom stereocenters. The Kier molecular flexibility index (Phi) is 6.48. The number of hydrogen-bond acceptors (Lipinski definition) is 3. The fraction of sp³-hybridized carbons (Fsp3) is 0.333. The van der Waals surface area contributed by atoms with Crippen molar-refractivity contribution in [3.63, 3.8) is 0 Å². The minimum Gasteiger partial charge on any atom is -0.369 e. The molecule has 0 spiro atoms. The van der Waals surface area contributed by atoms with Gasteiger partial charge in [-0.1, -0.05) is 48.0 Å². The van der Waals surface area contributed by atoms with Gasteiger partial charge in [0.05, 0.1) is 12.3 Å². The molecule has 0 radical (unpaired) electrons. The highest BCUT2D eigenvalue weighted by Crippen LogP contribution is 2.23. The Balaban J connectivity index is 1.66. The highest BCUT2D eigenvalue weighted by atomic mass is 35.5. The van der Waals surface area contributed by atoms with Gasteiger partial charge >= 0.3 is 0 Å². The van der Waals surface area contributed by atoms with E-state index in [1.807, 2.05) is 42.5 Å². The maximum absolute atomic E-state index is 12.5. The zero-order valence-electron chi connectivity index (χ0n) is 15.2. The van der Waals surface area contributed by atoms with Gasteiger partial charge < -0.3 is 11.1 Å². The number of likely N-dealkylation sites (tertiary alicyclic amines) is 1. The molecule has 5 nitrogen and oxygen atoms in total. The maximum atomic E-state index is 12.5. The fourth-order valence-electron chi connectivity index (χ4n) is 3.46. The number of rotatable bonds is 6. The number of carbonyl (C=O) groups excluding carboxylic acids is 2. The molecule has 0 aromatic heterocycles. The standard InChI is InChI=1S/C21H24ClN3O2/c22-18-9-3-1-6-15(18)12-20(26)24-19-10-4-2-7-16(19)13-25-11-5-8-17(14-25)21(23)27/h1-4,6-7,9-10,17H,5,8,11-14H2,(H2,23,27)(H,24,26)/t17-/m1/s1. The van der Waals surface area contributed by atoms with E-state index in [-0.39, 0.29) is 24.2 Å². The second kappa shape index (κ2) is 9.02. The zero-order valence-corrected chi connectivity index (χ0v) is 15.9. The molecule has 1 saturated heterocycles. The number of hydrogen-bond donors (Lipinski definition) is 2. The molecule has 27 heavy (non-hydrogen) atoms. The monoisotopic (exact) mass is 385 g/mol. The van der Waals surface area contributed by atoms with Crippen LogP contribution in [0, 0.1) is 5.92 Å². The first-order chi connectivity index (χ1) is 13.0. The van der Waals surface area contributed by atoms with Gasteiger partial charge in [-0.15, -0.1) is 0 Å². The minimum atomic E-state index is -0.235. The second-order valence-electron chi connectivity index (χ2n) is 6.95. The highest BCUT2D eigenvalue weighted by Gasteiger charge is 2.24. The van der Waals surface area contributed by atoms with Gasteiger partial charge in [-0.05, 0) is 42.6 Å². The number of primary amides is 1. The third kappa shape index (κ3) is 5.31. The lowest BCUT2D eigenvalue weighted by Gasteiger charge is -2.31. The first-order valence-corrected chi connectivity index (χ1v) is 9.53. The molecule has 6 heteroatoms. The smallest absolute Gasteiger partial charge is 0.228 e. The van der Waals surface area contributed by atoms with Gasteiger partial charge in [0.1, 0.15) is 0 Å². The number of amides is 2. The van der Waals surface area contributed by atoms with Crippen molar-refractivity contribution in [1.82, 2.24) is 4.90 Å². The molecule has 2 aromatic rings. The van der Waals surface area contributed by atoms with Gasteiger partial charge in [-0.2, -0.15) is 0 Å². The summed E-state index contributed by atoms with van der Waals surface area (Å²) in [7, 11) is 0. The number of nitrogens with two attached hydrogens (primary N) is 1. The fourth-order valence-corrected chi connectivity index (χ4v) is 3.66. The van der Waals surface area contributed by atoms with Gasteiger partial charge in [0.15, 0.2) is 0 Å². The van der Waals surface area contributed by atoms with Crippen molar-refractivity contribution in [1.29, 1.82) is 0 Å². The number of carbonyl (C=O) groups is 2. The summed E-state index contributed by atoms with van der Waals surface area (Å²) in [6, 6.07) is 15.1. The van der Waals surface area contributed by atoms with Crippen LogP contribution in [-0.4, -0.2) is 29.8 Å². The lowest BCUT2D eigenvalue weighted by molar-refractivity contribution is -0.123. The van der Waals surface area contributed by atoms with Gasteiger partial charge in [-0.25, -0.2) is 0 Å². The molecular weight excluding hydrogens is 362 g/mol. The summed E-state index contributed by atoms with van der Waals surface area (Å²) < 4.78 is 0. The van der Waals surface area contributed by atoms with Crippen molar-refractivity contribution < 1.29 is 9.59 Å². The van der Waals surface area contributed by atoms with Crippen LogP contribution in [0.4, 0.5) is 5.69 Å². The lowest BCUT2D eigenvalue weighted by Crippen LogP contribution is -2.40. The molecule has 2 aromatic carbocycles. The Hall–Kier alpha value is -2.37. The second-order valence-corrected chi connectivity index (χ2v) is 7.36. The largest absolute Gasteiger partial charge is 0.369 e. The normalized spacial score (nSPS) is 17.4. The average Bonchev–Trinajstić information content (AvgIpc) is 2.65. The molecule has 0 bridgehead atoms. The summed E-state index contributed by atoms with van der Waals surface area (Å²) in [4.78, 5) is 26.2. The quantitative estimate of drug-likeness (QED) is 0.801. The zero-order chi connectivity index (χ0) is 19.2. The van der Waals surface area contributed by atoms with Crippen molar-refractivity contribution in [3.05, 3.63) is 64.7 Å². The third-order valence-electron chi connectivity index (χ3n) is 4.90. The summed E-state index contributed by atoms with van der Waals surface area (Å²) in [6.45, 7) is 2.26. The van der Waals surface area contributed by atoms with E-state index in [4.69, 9.17) is 17.3 Å². The molecule has 1 fully saturated rings. The van der Waals surface area contributed by atoms with Gasteiger partial charge in [-0.3, -0.25) is 14.5 Å². The summed E-state index contributed by atoms with van der Waals surface area (Å²) >= 11 is 6.15. The van der Waals surface area contributed by atoms with Crippen LogP contribution in [0.2, 0.25) is 5.02 Å². The van der Waals surface area contributed by atoms with E-state index in [9.17, 15) is 9.59 Å². The average molecular weight is 386 g/mol. The Morgan fingerprint density at radius 2 is 1.81 bits per heavy atom. The molecule has 1 heterocycles. The first-order valence-electron chi connectivity index (χ1n) is 9.16. The summed E-state index contributed by atoms with van der Waals surface area (Å²) in [5.41, 5.74) is 8.08. The molecule has 0 saturated carbocycles. The summed E-state index contributed by atoms with van der Waals surface area (Å²) in [5, 5.41) is 3.58. The Morgan fingerprint density at radius 1 is 1.11 bits per heavy atom. The van der Waals surface area contributed by atoms with Crippen LogP contribution in [-0.2, 0) is 22.6 Å². The number of halogens is 1. The summed E-state index contributed by atoms with van der Waals surface area (Å²) in [5.74, 6) is -0.439. The maximum Gasteiger partial charge on any atom is 0.228 e. The molecule has 0 unspecified atom stereocenters. The van der Waals surface area contributed by atoms with Crippen molar-refractivity contribution in [2.45, 2.75) is 25.8 Å². The summed E-state index contributed by atoms with van der Waals surface area (Å²) in [6.07, 6.45) is 2.03. The third-order valence-corrected chi connectivity index (χ3v) is 5.27.